The lowest BCUT2D eigenvalue weighted by molar-refractivity contribution is -0.117. The minimum absolute atomic E-state index is 0.00845. The molecular weight excluding hydrogens is 234 g/mol. The average molecular weight is 251 g/mol. The summed E-state index contributed by atoms with van der Waals surface area (Å²) in [7, 11) is 0. The Morgan fingerprint density at radius 1 is 1.00 bits per heavy atom. The van der Waals surface area contributed by atoms with Crippen molar-refractivity contribution in [3.63, 3.8) is 0 Å². The standard InChI is InChI=1S/C17H17NO/c1-14(16-10-6-3-7-11-16)18-17(19)13-12-15-8-4-2-5-9-15/h2-14H,1H3,(H,18,19)/b13-12-/t14-/m1/s1. The SMILES string of the molecule is C[C@@H](NC(=O)/C=C\c1ccccc1)c1ccccc1. The quantitative estimate of drug-likeness (QED) is 0.827. The highest BCUT2D eigenvalue weighted by Gasteiger charge is 2.06. The van der Waals surface area contributed by atoms with Gasteiger partial charge < -0.3 is 5.32 Å². The van der Waals surface area contributed by atoms with Crippen LogP contribution in [0.3, 0.4) is 0 Å². The fourth-order valence-corrected chi connectivity index (χ4v) is 1.82. The number of rotatable bonds is 4. The van der Waals surface area contributed by atoms with Crippen molar-refractivity contribution in [1.29, 1.82) is 0 Å². The van der Waals surface area contributed by atoms with Crippen molar-refractivity contribution in [2.45, 2.75) is 13.0 Å². The first kappa shape index (κ1) is 13.1. The summed E-state index contributed by atoms with van der Waals surface area (Å²) in [6, 6.07) is 19.7. The predicted octanol–water partition coefficient (Wildman–Crippen LogP) is 3.58. The van der Waals surface area contributed by atoms with Crippen LogP contribution in [-0.4, -0.2) is 5.91 Å². The summed E-state index contributed by atoms with van der Waals surface area (Å²) < 4.78 is 0. The van der Waals surface area contributed by atoms with Gasteiger partial charge >= 0.3 is 0 Å². The van der Waals surface area contributed by atoms with Gasteiger partial charge in [0.1, 0.15) is 0 Å². The van der Waals surface area contributed by atoms with Gasteiger partial charge in [0.15, 0.2) is 0 Å². The molecule has 1 amide bonds. The molecule has 0 saturated carbocycles. The van der Waals surface area contributed by atoms with E-state index in [9.17, 15) is 4.79 Å². The van der Waals surface area contributed by atoms with Gasteiger partial charge in [-0.1, -0.05) is 60.7 Å². The summed E-state index contributed by atoms with van der Waals surface area (Å²) in [4.78, 5) is 11.8. The fraction of sp³-hybridized carbons (Fsp3) is 0.118. The molecule has 0 aliphatic rings. The molecule has 2 aromatic carbocycles. The van der Waals surface area contributed by atoms with Crippen molar-refractivity contribution in [3.05, 3.63) is 77.9 Å². The minimum atomic E-state index is -0.0831. The molecule has 2 heteroatoms. The molecule has 0 saturated heterocycles. The topological polar surface area (TPSA) is 29.1 Å². The Morgan fingerprint density at radius 2 is 1.58 bits per heavy atom. The predicted molar refractivity (Wildman–Crippen MR) is 78.5 cm³/mol. The van der Waals surface area contributed by atoms with E-state index in [1.807, 2.05) is 73.7 Å². The maximum absolute atomic E-state index is 11.8. The molecule has 2 aromatic rings. The van der Waals surface area contributed by atoms with Crippen molar-refractivity contribution in [1.82, 2.24) is 5.32 Å². The largest absolute Gasteiger partial charge is 0.346 e. The first-order chi connectivity index (χ1) is 9.25. The molecule has 0 aromatic heterocycles. The molecule has 0 unspecified atom stereocenters. The summed E-state index contributed by atoms with van der Waals surface area (Å²) >= 11 is 0. The van der Waals surface area contributed by atoms with Gasteiger partial charge in [-0.15, -0.1) is 0 Å². The van der Waals surface area contributed by atoms with E-state index in [0.717, 1.165) is 11.1 Å². The van der Waals surface area contributed by atoms with E-state index in [1.54, 1.807) is 6.08 Å². The second-order valence-electron chi connectivity index (χ2n) is 4.38. The van der Waals surface area contributed by atoms with Gasteiger partial charge in [0.25, 0.3) is 0 Å². The van der Waals surface area contributed by atoms with Crippen LogP contribution < -0.4 is 5.32 Å². The number of hydrogen-bond acceptors (Lipinski definition) is 1. The second kappa shape index (κ2) is 6.55. The molecule has 2 rings (SSSR count). The number of nitrogens with one attached hydrogen (secondary N) is 1. The first-order valence-corrected chi connectivity index (χ1v) is 6.34. The molecule has 96 valence electrons. The third kappa shape index (κ3) is 4.11. The molecule has 0 fully saturated rings. The van der Waals surface area contributed by atoms with Crippen LogP contribution in [0.15, 0.2) is 66.7 Å². The summed E-state index contributed by atoms with van der Waals surface area (Å²) in [5.74, 6) is -0.0831. The van der Waals surface area contributed by atoms with Gasteiger partial charge in [-0.25, -0.2) is 0 Å². The molecule has 1 atom stereocenters. The zero-order valence-corrected chi connectivity index (χ0v) is 10.9. The average Bonchev–Trinajstić information content (AvgIpc) is 2.47. The van der Waals surface area contributed by atoms with Gasteiger partial charge in [-0.05, 0) is 24.1 Å². The van der Waals surface area contributed by atoms with Crippen LogP contribution in [0.1, 0.15) is 24.1 Å². The highest BCUT2D eigenvalue weighted by atomic mass is 16.1. The zero-order valence-electron chi connectivity index (χ0n) is 10.9. The molecule has 0 bridgehead atoms. The molecule has 0 aliphatic heterocycles. The van der Waals surface area contributed by atoms with E-state index < -0.39 is 0 Å². The summed E-state index contributed by atoms with van der Waals surface area (Å²) in [5.41, 5.74) is 2.12. The van der Waals surface area contributed by atoms with E-state index in [1.165, 1.54) is 0 Å². The molecule has 1 N–H and O–H groups in total. The molecule has 2 nitrogen and oxygen atoms in total. The second-order valence-corrected chi connectivity index (χ2v) is 4.38. The number of carbonyl (C=O) groups excluding carboxylic acids is 1. The molecular formula is C17H17NO. The van der Waals surface area contributed by atoms with Crippen molar-refractivity contribution >= 4 is 12.0 Å². The maximum Gasteiger partial charge on any atom is 0.244 e. The van der Waals surface area contributed by atoms with Crippen molar-refractivity contribution in [2.75, 3.05) is 0 Å². The summed E-state index contributed by atoms with van der Waals surface area (Å²) in [6.45, 7) is 1.98. The van der Waals surface area contributed by atoms with E-state index in [-0.39, 0.29) is 11.9 Å². The Balaban J connectivity index is 1.93. The smallest absolute Gasteiger partial charge is 0.244 e. The molecule has 0 spiro atoms. The van der Waals surface area contributed by atoms with Crippen LogP contribution in [-0.2, 0) is 4.79 Å². The molecule has 0 aliphatic carbocycles. The fourth-order valence-electron chi connectivity index (χ4n) is 1.82. The van der Waals surface area contributed by atoms with Crippen LogP contribution in [0, 0.1) is 0 Å². The molecule has 19 heavy (non-hydrogen) atoms. The third-order valence-electron chi connectivity index (χ3n) is 2.89. The number of benzene rings is 2. The Labute approximate surface area is 113 Å². The summed E-state index contributed by atoms with van der Waals surface area (Å²) in [6.07, 6.45) is 3.38. The monoisotopic (exact) mass is 251 g/mol. The number of amides is 1. The Morgan fingerprint density at radius 3 is 2.21 bits per heavy atom. The van der Waals surface area contributed by atoms with E-state index in [2.05, 4.69) is 5.32 Å². The lowest BCUT2D eigenvalue weighted by Crippen LogP contribution is -2.24. The van der Waals surface area contributed by atoms with Gasteiger partial charge in [-0.2, -0.15) is 0 Å². The van der Waals surface area contributed by atoms with Crippen LogP contribution in [0.25, 0.3) is 6.08 Å². The molecule has 0 heterocycles. The summed E-state index contributed by atoms with van der Waals surface area (Å²) in [5, 5.41) is 2.94. The van der Waals surface area contributed by atoms with Crippen LogP contribution in [0.5, 0.6) is 0 Å². The van der Waals surface area contributed by atoms with Crippen molar-refractivity contribution in [3.8, 4) is 0 Å². The lowest BCUT2D eigenvalue weighted by atomic mass is 10.1. The van der Waals surface area contributed by atoms with Crippen LogP contribution >= 0.6 is 0 Å². The van der Waals surface area contributed by atoms with Gasteiger partial charge in [0.2, 0.25) is 5.91 Å². The molecule has 0 radical (unpaired) electrons. The van der Waals surface area contributed by atoms with Gasteiger partial charge in [-0.3, -0.25) is 4.79 Å². The van der Waals surface area contributed by atoms with E-state index in [0.29, 0.717) is 0 Å². The highest BCUT2D eigenvalue weighted by Crippen LogP contribution is 2.11. The van der Waals surface area contributed by atoms with Gasteiger partial charge in [0.05, 0.1) is 6.04 Å². The van der Waals surface area contributed by atoms with Gasteiger partial charge in [0, 0.05) is 6.08 Å². The van der Waals surface area contributed by atoms with Crippen molar-refractivity contribution in [2.24, 2.45) is 0 Å². The number of hydrogen-bond donors (Lipinski definition) is 1. The zero-order chi connectivity index (χ0) is 13.5. The normalized spacial score (nSPS) is 12.3. The first-order valence-electron chi connectivity index (χ1n) is 6.34. The lowest BCUT2D eigenvalue weighted by Gasteiger charge is -2.12. The Bertz CT molecular complexity index is 546. The Hall–Kier alpha value is -2.35. The van der Waals surface area contributed by atoms with Crippen LogP contribution in [0.2, 0.25) is 0 Å². The van der Waals surface area contributed by atoms with Crippen LogP contribution in [0.4, 0.5) is 0 Å². The number of carbonyl (C=O) groups is 1. The highest BCUT2D eigenvalue weighted by molar-refractivity contribution is 5.91. The van der Waals surface area contributed by atoms with E-state index >= 15 is 0 Å². The maximum atomic E-state index is 11.8. The third-order valence-corrected chi connectivity index (χ3v) is 2.89. The van der Waals surface area contributed by atoms with Crippen molar-refractivity contribution < 1.29 is 4.79 Å². The van der Waals surface area contributed by atoms with E-state index in [4.69, 9.17) is 0 Å². The Kier molecular flexibility index (Phi) is 4.51. The minimum Gasteiger partial charge on any atom is -0.346 e.